The first-order valence-electron chi connectivity index (χ1n) is 12.9. The third-order valence-corrected chi connectivity index (χ3v) is 7.95. The van der Waals surface area contributed by atoms with Gasteiger partial charge in [0.15, 0.2) is 17.3 Å². The fraction of sp³-hybridized carbons (Fsp3) is 0.310. The van der Waals surface area contributed by atoms with E-state index in [9.17, 15) is 14.0 Å². The number of nitrogens with one attached hydrogen (secondary N) is 3. The topological polar surface area (TPSA) is 122 Å². The van der Waals surface area contributed by atoms with Gasteiger partial charge >= 0.3 is 0 Å². The van der Waals surface area contributed by atoms with Gasteiger partial charge in [0, 0.05) is 40.0 Å². The molecule has 2 atom stereocenters. The lowest BCUT2D eigenvalue weighted by Crippen LogP contribution is -2.52. The average molecular weight is 548 g/mol. The maximum absolute atomic E-state index is 15.3. The number of H-pyrrole nitrogens is 1. The number of rotatable bonds is 6. The number of hydrogen-bond donors (Lipinski definition) is 3. The van der Waals surface area contributed by atoms with Crippen molar-refractivity contribution in [3.63, 3.8) is 0 Å². The molecule has 4 aromatic rings. The van der Waals surface area contributed by atoms with Crippen LogP contribution in [0.25, 0.3) is 11.1 Å². The molecule has 2 amide bonds. The highest BCUT2D eigenvalue weighted by Crippen LogP contribution is 2.62. The zero-order valence-corrected chi connectivity index (χ0v) is 22.1. The number of ether oxygens (including phenoxy) is 1. The SMILES string of the molecule is Cc1c[nH]c(C)c1-c1ccc(NC(=O)[C@@H](NC(=O)c2nonc2C)C2c3c(F)ccc(F)c3OCC23CC3)cc1. The van der Waals surface area contributed by atoms with Crippen LogP contribution in [0, 0.1) is 37.8 Å². The van der Waals surface area contributed by atoms with Gasteiger partial charge in [0.1, 0.15) is 17.6 Å². The van der Waals surface area contributed by atoms with E-state index in [1.54, 1.807) is 12.1 Å². The Balaban J connectivity index is 1.36. The molecule has 0 bridgehead atoms. The first kappa shape index (κ1) is 25.7. The summed E-state index contributed by atoms with van der Waals surface area (Å²) in [7, 11) is 0. The monoisotopic (exact) mass is 547 g/mol. The largest absolute Gasteiger partial charge is 0.489 e. The highest BCUT2D eigenvalue weighted by atomic mass is 19.1. The number of amides is 2. The summed E-state index contributed by atoms with van der Waals surface area (Å²) >= 11 is 0. The Morgan fingerprint density at radius 1 is 1.05 bits per heavy atom. The lowest BCUT2D eigenvalue weighted by molar-refractivity contribution is -0.119. The molecule has 1 saturated carbocycles. The summed E-state index contributed by atoms with van der Waals surface area (Å²) in [5.41, 5.74) is 4.08. The van der Waals surface area contributed by atoms with Crippen LogP contribution in [0.3, 0.4) is 0 Å². The fourth-order valence-electron chi connectivity index (χ4n) is 5.72. The Kier molecular flexibility index (Phi) is 6.16. The second-order valence-corrected chi connectivity index (χ2v) is 10.6. The first-order valence-corrected chi connectivity index (χ1v) is 12.9. The summed E-state index contributed by atoms with van der Waals surface area (Å²) in [6, 6.07) is 8.01. The standard InChI is InChI=1S/C29H27F2N5O4/c1-14-12-32-15(2)21(14)17-4-6-18(7-5-17)33-28(38)25(34-27(37)24-16(3)35-40-36-24)23-22-19(30)8-9-20(31)26(22)39-13-29(23)10-11-29/h4-9,12,23,25,32H,10-11,13H2,1-3H3,(H,33,38)(H,34,37)/t23?,25-/m0/s1. The van der Waals surface area contributed by atoms with Crippen molar-refractivity contribution in [2.75, 3.05) is 11.9 Å². The number of benzene rings is 2. The molecule has 1 spiro atoms. The van der Waals surface area contributed by atoms with Crippen molar-refractivity contribution >= 4 is 17.5 Å². The summed E-state index contributed by atoms with van der Waals surface area (Å²) in [6.45, 7) is 5.63. The van der Waals surface area contributed by atoms with Crippen molar-refractivity contribution in [1.82, 2.24) is 20.6 Å². The summed E-state index contributed by atoms with van der Waals surface area (Å²) in [4.78, 5) is 30.3. The van der Waals surface area contributed by atoms with Crippen molar-refractivity contribution in [3.05, 3.63) is 82.4 Å². The van der Waals surface area contributed by atoms with Gasteiger partial charge in [-0.05, 0) is 74.2 Å². The van der Waals surface area contributed by atoms with Gasteiger partial charge in [-0.1, -0.05) is 17.3 Å². The van der Waals surface area contributed by atoms with Crippen LogP contribution >= 0.6 is 0 Å². The van der Waals surface area contributed by atoms with E-state index in [2.05, 4.69) is 30.6 Å². The van der Waals surface area contributed by atoms with Gasteiger partial charge in [-0.3, -0.25) is 9.59 Å². The number of aryl methyl sites for hydroxylation is 3. The molecule has 6 rings (SSSR count). The average Bonchev–Trinajstić information content (AvgIpc) is 3.43. The molecule has 0 radical (unpaired) electrons. The summed E-state index contributed by atoms with van der Waals surface area (Å²) < 4.78 is 40.4. The molecule has 0 saturated heterocycles. The van der Waals surface area contributed by atoms with E-state index in [1.165, 1.54) is 6.92 Å². The van der Waals surface area contributed by atoms with E-state index in [4.69, 9.17) is 4.74 Å². The van der Waals surface area contributed by atoms with Crippen LogP contribution in [0.2, 0.25) is 0 Å². The Labute approximate surface area is 228 Å². The zero-order valence-electron chi connectivity index (χ0n) is 22.1. The highest BCUT2D eigenvalue weighted by molar-refractivity contribution is 6.01. The molecule has 1 fully saturated rings. The predicted molar refractivity (Wildman–Crippen MR) is 141 cm³/mol. The Morgan fingerprint density at radius 3 is 2.40 bits per heavy atom. The minimum absolute atomic E-state index is 0.0621. The van der Waals surface area contributed by atoms with E-state index < -0.39 is 40.8 Å². The number of anilines is 1. The van der Waals surface area contributed by atoms with Crippen LogP contribution in [0.5, 0.6) is 5.75 Å². The summed E-state index contributed by atoms with van der Waals surface area (Å²) in [5.74, 6) is -3.87. The van der Waals surface area contributed by atoms with Crippen molar-refractivity contribution in [3.8, 4) is 16.9 Å². The number of carbonyl (C=O) groups excluding carboxylic acids is 2. The van der Waals surface area contributed by atoms with E-state index in [-0.39, 0.29) is 29.3 Å². The van der Waals surface area contributed by atoms with Gasteiger partial charge in [0.25, 0.3) is 5.91 Å². The molecule has 11 heteroatoms. The van der Waals surface area contributed by atoms with Crippen LogP contribution in [-0.4, -0.2) is 39.8 Å². The van der Waals surface area contributed by atoms with Gasteiger partial charge < -0.3 is 20.4 Å². The fourth-order valence-corrected chi connectivity index (χ4v) is 5.72. The minimum Gasteiger partial charge on any atom is -0.489 e. The summed E-state index contributed by atoms with van der Waals surface area (Å²) in [5, 5.41) is 12.9. The second kappa shape index (κ2) is 9.58. The Hall–Kier alpha value is -4.54. The highest BCUT2D eigenvalue weighted by Gasteiger charge is 2.59. The summed E-state index contributed by atoms with van der Waals surface area (Å²) in [6.07, 6.45) is 3.18. The molecule has 1 aliphatic heterocycles. The number of carbonyl (C=O) groups is 2. The maximum Gasteiger partial charge on any atom is 0.276 e. The number of aromatic amines is 1. The van der Waals surface area contributed by atoms with Gasteiger partial charge in [0.2, 0.25) is 5.91 Å². The third-order valence-electron chi connectivity index (χ3n) is 7.95. The number of nitrogens with zero attached hydrogens (tertiary/aromatic N) is 2. The molecule has 2 aromatic heterocycles. The van der Waals surface area contributed by atoms with Gasteiger partial charge in [-0.25, -0.2) is 13.4 Å². The lowest BCUT2D eigenvalue weighted by Gasteiger charge is -2.38. The lowest BCUT2D eigenvalue weighted by atomic mass is 9.75. The van der Waals surface area contributed by atoms with E-state index in [1.807, 2.05) is 32.2 Å². The molecule has 2 aliphatic rings. The molecule has 3 heterocycles. The number of halogens is 2. The molecule has 206 valence electrons. The van der Waals surface area contributed by atoms with Crippen molar-refractivity contribution in [1.29, 1.82) is 0 Å². The van der Waals surface area contributed by atoms with Crippen LogP contribution in [-0.2, 0) is 4.79 Å². The van der Waals surface area contributed by atoms with Gasteiger partial charge in [-0.15, -0.1) is 0 Å². The van der Waals surface area contributed by atoms with Gasteiger partial charge in [-0.2, -0.15) is 0 Å². The Morgan fingerprint density at radius 2 is 1.77 bits per heavy atom. The van der Waals surface area contributed by atoms with Crippen LogP contribution in [0.15, 0.2) is 47.2 Å². The van der Waals surface area contributed by atoms with Crippen molar-refractivity contribution in [2.45, 2.75) is 45.6 Å². The first-order chi connectivity index (χ1) is 19.2. The molecule has 9 nitrogen and oxygen atoms in total. The van der Waals surface area contributed by atoms with E-state index >= 15 is 4.39 Å². The predicted octanol–water partition coefficient (Wildman–Crippen LogP) is 4.96. The van der Waals surface area contributed by atoms with E-state index in [0.29, 0.717) is 18.5 Å². The van der Waals surface area contributed by atoms with Crippen LogP contribution in [0.4, 0.5) is 14.5 Å². The van der Waals surface area contributed by atoms with Crippen molar-refractivity contribution in [2.24, 2.45) is 5.41 Å². The Bertz CT molecular complexity index is 1600. The van der Waals surface area contributed by atoms with E-state index in [0.717, 1.165) is 34.5 Å². The second-order valence-electron chi connectivity index (χ2n) is 10.6. The molecule has 1 unspecified atom stereocenters. The minimum atomic E-state index is -1.28. The normalized spacial score (nSPS) is 17.6. The smallest absolute Gasteiger partial charge is 0.276 e. The molecule has 3 N–H and O–H groups in total. The zero-order chi connectivity index (χ0) is 28.2. The van der Waals surface area contributed by atoms with Crippen LogP contribution < -0.4 is 15.4 Å². The quantitative estimate of drug-likeness (QED) is 0.314. The molecular formula is C29H27F2N5O4. The molecule has 2 aromatic carbocycles. The van der Waals surface area contributed by atoms with Gasteiger partial charge in [0.05, 0.1) is 6.61 Å². The maximum atomic E-state index is 15.3. The third kappa shape index (κ3) is 4.31. The number of aromatic nitrogens is 3. The van der Waals surface area contributed by atoms with Crippen LogP contribution in [0.1, 0.15) is 51.8 Å². The molecule has 40 heavy (non-hydrogen) atoms. The number of hydrogen-bond acceptors (Lipinski definition) is 6. The molecule has 1 aliphatic carbocycles. The van der Waals surface area contributed by atoms with Crippen molar-refractivity contribution < 1.29 is 27.7 Å². The number of fused-ring (bicyclic) bond motifs is 1. The molecular weight excluding hydrogens is 520 g/mol.